The van der Waals surface area contributed by atoms with Gasteiger partial charge in [0.05, 0.1) is 11.6 Å². The lowest BCUT2D eigenvalue weighted by atomic mass is 9.75. The Morgan fingerprint density at radius 2 is 1.80 bits per heavy atom. The van der Waals surface area contributed by atoms with Crippen LogP contribution in [0.5, 0.6) is 5.75 Å². The zero-order chi connectivity index (χ0) is 26.2. The zero-order valence-corrected chi connectivity index (χ0v) is 18.0. The third kappa shape index (κ3) is 5.41. The van der Waals surface area contributed by atoms with E-state index in [2.05, 4.69) is 15.0 Å². The smallest absolute Gasteiger partial charge is 0.436 e. The average molecular weight is 508 g/mol. The molecule has 35 heavy (non-hydrogen) atoms. The number of urea groups is 1. The highest BCUT2D eigenvalue weighted by Gasteiger charge is 2.52. The SMILES string of the molecule is CC1([C@@H](c2ccc(OCC(F)(F)F)cc2)c2ccc(F)c(C(F)(F)F)n2)C(=O)NCCN1C(N)=O. The van der Waals surface area contributed by atoms with E-state index < -0.39 is 59.6 Å². The Hall–Kier alpha value is -3.58. The summed E-state index contributed by atoms with van der Waals surface area (Å²) in [6.07, 6.45) is -9.78. The standard InChI is InChI=1S/C21H19F7N4O3/c1-19(17(33)30-8-9-32(19)18(29)34)15(14-7-6-13(22)16(31-14)21(26,27)28)11-2-4-12(5-3-11)35-10-20(23,24)25/h2-7,15H,8-10H2,1H3,(H2,29,34)(H,30,33)/t15-,19?/m0/s1. The van der Waals surface area contributed by atoms with E-state index >= 15 is 0 Å². The summed E-state index contributed by atoms with van der Waals surface area (Å²) in [5.41, 5.74) is 1.35. The minimum Gasteiger partial charge on any atom is -0.484 e. The molecule has 1 aliphatic heterocycles. The van der Waals surface area contributed by atoms with E-state index in [9.17, 15) is 40.3 Å². The molecular formula is C21H19F7N4O3. The molecule has 14 heteroatoms. The second-order valence-electron chi connectivity index (χ2n) is 7.86. The number of nitrogens with zero attached hydrogens (tertiary/aromatic N) is 2. The van der Waals surface area contributed by atoms with Crippen molar-refractivity contribution in [2.45, 2.75) is 30.7 Å². The quantitative estimate of drug-likeness (QED) is 0.604. The normalized spacial score (nSPS) is 19.8. The largest absolute Gasteiger partial charge is 0.484 e. The van der Waals surface area contributed by atoms with Crippen molar-refractivity contribution in [1.29, 1.82) is 0 Å². The number of carbonyl (C=O) groups is 2. The maximum absolute atomic E-state index is 13.9. The van der Waals surface area contributed by atoms with Gasteiger partial charge in [0.15, 0.2) is 18.1 Å². The Morgan fingerprint density at radius 3 is 2.34 bits per heavy atom. The van der Waals surface area contributed by atoms with Crippen molar-refractivity contribution in [3.05, 3.63) is 59.2 Å². The number of pyridine rings is 1. The number of alkyl halides is 6. The second kappa shape index (κ2) is 9.23. The molecule has 190 valence electrons. The number of hydrogen-bond donors (Lipinski definition) is 2. The highest BCUT2D eigenvalue weighted by Crippen LogP contribution is 2.41. The molecule has 1 fully saturated rings. The summed E-state index contributed by atoms with van der Waals surface area (Å²) in [7, 11) is 0. The molecule has 1 unspecified atom stereocenters. The second-order valence-corrected chi connectivity index (χ2v) is 7.86. The van der Waals surface area contributed by atoms with Crippen molar-refractivity contribution < 1.29 is 45.1 Å². The van der Waals surface area contributed by atoms with Gasteiger partial charge in [0.25, 0.3) is 0 Å². The lowest BCUT2D eigenvalue weighted by Crippen LogP contribution is -2.68. The first-order chi connectivity index (χ1) is 16.1. The van der Waals surface area contributed by atoms with Gasteiger partial charge in [-0.1, -0.05) is 12.1 Å². The van der Waals surface area contributed by atoms with Crippen molar-refractivity contribution in [1.82, 2.24) is 15.2 Å². The number of primary amides is 1. The van der Waals surface area contributed by atoms with Crippen LogP contribution in [0.25, 0.3) is 0 Å². The maximum Gasteiger partial charge on any atom is 0.436 e. The van der Waals surface area contributed by atoms with E-state index in [0.717, 1.165) is 23.1 Å². The Bertz CT molecular complexity index is 1110. The van der Waals surface area contributed by atoms with Crippen LogP contribution in [0.2, 0.25) is 0 Å². The van der Waals surface area contributed by atoms with Gasteiger partial charge in [-0.3, -0.25) is 4.79 Å². The number of halogens is 7. The maximum atomic E-state index is 13.9. The summed E-state index contributed by atoms with van der Waals surface area (Å²) in [5.74, 6) is -4.06. The predicted octanol–water partition coefficient (Wildman–Crippen LogP) is 3.58. The molecule has 3 amide bonds. The van der Waals surface area contributed by atoms with Crippen LogP contribution in [0, 0.1) is 5.82 Å². The molecule has 3 rings (SSSR count). The van der Waals surface area contributed by atoms with Gasteiger partial charge in [-0.25, -0.2) is 14.2 Å². The number of hydrogen-bond acceptors (Lipinski definition) is 4. The number of ether oxygens (including phenoxy) is 1. The monoisotopic (exact) mass is 508 g/mol. The summed E-state index contributed by atoms with van der Waals surface area (Å²) < 4.78 is 96.0. The summed E-state index contributed by atoms with van der Waals surface area (Å²) in [4.78, 5) is 29.6. The van der Waals surface area contributed by atoms with Gasteiger partial charge in [-0.2, -0.15) is 26.3 Å². The van der Waals surface area contributed by atoms with Gasteiger partial charge in [0.2, 0.25) is 5.91 Å². The third-order valence-electron chi connectivity index (χ3n) is 5.52. The van der Waals surface area contributed by atoms with Crippen LogP contribution in [0.1, 0.15) is 29.8 Å². The molecule has 0 aliphatic carbocycles. The minimum absolute atomic E-state index is 0.0128. The highest BCUT2D eigenvalue weighted by molar-refractivity contribution is 5.93. The average Bonchev–Trinajstić information content (AvgIpc) is 2.75. The minimum atomic E-state index is -5.17. The number of benzene rings is 1. The molecule has 1 aromatic carbocycles. The lowest BCUT2D eigenvalue weighted by molar-refractivity contribution is -0.153. The van der Waals surface area contributed by atoms with Crippen molar-refractivity contribution in [3.8, 4) is 5.75 Å². The Morgan fingerprint density at radius 1 is 1.17 bits per heavy atom. The van der Waals surface area contributed by atoms with Gasteiger partial charge in [0, 0.05) is 13.1 Å². The number of amides is 3. The van der Waals surface area contributed by atoms with Crippen LogP contribution >= 0.6 is 0 Å². The molecular weight excluding hydrogens is 489 g/mol. The topological polar surface area (TPSA) is 97.6 Å². The van der Waals surface area contributed by atoms with Gasteiger partial charge in [-0.05, 0) is 36.8 Å². The fourth-order valence-corrected chi connectivity index (χ4v) is 3.96. The number of rotatable bonds is 5. The molecule has 7 nitrogen and oxygen atoms in total. The number of aromatic nitrogens is 1. The fourth-order valence-electron chi connectivity index (χ4n) is 3.96. The summed E-state index contributed by atoms with van der Waals surface area (Å²) >= 11 is 0. The molecule has 2 aromatic rings. The van der Waals surface area contributed by atoms with Crippen LogP contribution in [-0.2, 0) is 11.0 Å². The van der Waals surface area contributed by atoms with E-state index in [1.165, 1.54) is 19.1 Å². The van der Waals surface area contributed by atoms with Gasteiger partial charge >= 0.3 is 18.4 Å². The zero-order valence-electron chi connectivity index (χ0n) is 18.0. The number of nitrogens with one attached hydrogen (secondary N) is 1. The van der Waals surface area contributed by atoms with Crippen molar-refractivity contribution in [2.75, 3.05) is 19.7 Å². The Labute approximate surface area is 194 Å². The first kappa shape index (κ1) is 26.0. The number of piperazine rings is 1. The molecule has 1 aliphatic rings. The van der Waals surface area contributed by atoms with Crippen molar-refractivity contribution in [3.63, 3.8) is 0 Å². The van der Waals surface area contributed by atoms with Gasteiger partial charge in [0.1, 0.15) is 11.3 Å². The number of carbonyl (C=O) groups excluding carboxylic acids is 2. The van der Waals surface area contributed by atoms with E-state index in [1.807, 2.05) is 0 Å². The molecule has 0 spiro atoms. The molecule has 2 heterocycles. The third-order valence-corrected chi connectivity index (χ3v) is 5.52. The fraction of sp³-hybridized carbons (Fsp3) is 0.381. The summed E-state index contributed by atoms with van der Waals surface area (Å²) in [6.45, 7) is -0.407. The first-order valence-corrected chi connectivity index (χ1v) is 10.0. The number of nitrogens with two attached hydrogens (primary N) is 1. The Balaban J connectivity index is 2.17. The summed E-state index contributed by atoms with van der Waals surface area (Å²) in [6, 6.07) is 5.05. The van der Waals surface area contributed by atoms with Crippen LogP contribution in [0.4, 0.5) is 35.5 Å². The van der Waals surface area contributed by atoms with Crippen molar-refractivity contribution in [2.24, 2.45) is 5.73 Å². The van der Waals surface area contributed by atoms with Gasteiger partial charge < -0.3 is 20.7 Å². The van der Waals surface area contributed by atoms with E-state index in [0.29, 0.717) is 6.07 Å². The van der Waals surface area contributed by atoms with E-state index in [4.69, 9.17) is 5.73 Å². The Kier molecular flexibility index (Phi) is 6.86. The van der Waals surface area contributed by atoms with Crippen LogP contribution in [0.3, 0.4) is 0 Å². The molecule has 0 bridgehead atoms. The lowest BCUT2D eigenvalue weighted by Gasteiger charge is -2.47. The van der Waals surface area contributed by atoms with E-state index in [1.54, 1.807) is 0 Å². The molecule has 2 atom stereocenters. The van der Waals surface area contributed by atoms with Crippen LogP contribution in [0.15, 0.2) is 36.4 Å². The highest BCUT2D eigenvalue weighted by atomic mass is 19.4. The van der Waals surface area contributed by atoms with Crippen molar-refractivity contribution >= 4 is 11.9 Å². The molecule has 3 N–H and O–H groups in total. The molecule has 1 aromatic heterocycles. The van der Waals surface area contributed by atoms with Gasteiger partial charge in [-0.15, -0.1) is 0 Å². The molecule has 1 saturated heterocycles. The molecule has 0 saturated carbocycles. The first-order valence-electron chi connectivity index (χ1n) is 10.0. The molecule has 0 radical (unpaired) electrons. The van der Waals surface area contributed by atoms with Crippen LogP contribution < -0.4 is 15.8 Å². The summed E-state index contributed by atoms with van der Waals surface area (Å²) in [5, 5.41) is 2.52. The van der Waals surface area contributed by atoms with Crippen LogP contribution in [-0.4, -0.2) is 53.2 Å². The van der Waals surface area contributed by atoms with E-state index in [-0.39, 0.29) is 24.4 Å². The predicted molar refractivity (Wildman–Crippen MR) is 107 cm³/mol.